The summed E-state index contributed by atoms with van der Waals surface area (Å²) >= 11 is 0. The standard InChI is InChI=1S/C29H24F3N5O/c30-29(31,32)24-16-22(7-9-26(24)36-13-11-34-12-14-36)37-27(38)10-4-20-17-35-25-8-3-19(15-23(25)28(20)37)18-1-5-21(33)6-2-18/h1-10,15-17,34H,11-14,33H2. The number of aromatic nitrogens is 2. The first-order valence-corrected chi connectivity index (χ1v) is 12.3. The normalized spacial score (nSPS) is 14.3. The van der Waals surface area contributed by atoms with Gasteiger partial charge in [0, 0.05) is 60.6 Å². The summed E-state index contributed by atoms with van der Waals surface area (Å²) in [6.07, 6.45) is -2.95. The number of nitrogen functional groups attached to an aromatic ring is 1. The molecule has 1 saturated heterocycles. The van der Waals surface area contributed by atoms with Crippen LogP contribution in [0, 0.1) is 0 Å². The number of pyridine rings is 2. The van der Waals surface area contributed by atoms with Crippen LogP contribution in [-0.4, -0.2) is 35.7 Å². The molecule has 0 radical (unpaired) electrons. The number of piperazine rings is 1. The first kappa shape index (κ1) is 24.0. The number of hydrogen-bond donors (Lipinski definition) is 2. The van der Waals surface area contributed by atoms with Crippen molar-refractivity contribution in [3.05, 3.63) is 94.9 Å². The Hall–Kier alpha value is -4.37. The zero-order valence-corrected chi connectivity index (χ0v) is 20.3. The summed E-state index contributed by atoms with van der Waals surface area (Å²) in [5.74, 6) is 0. The zero-order chi connectivity index (χ0) is 26.4. The molecule has 0 saturated carbocycles. The van der Waals surface area contributed by atoms with Crippen molar-refractivity contribution in [2.45, 2.75) is 6.18 Å². The second kappa shape index (κ2) is 9.18. The summed E-state index contributed by atoms with van der Waals surface area (Å²) < 4.78 is 44.2. The third-order valence-corrected chi connectivity index (χ3v) is 6.96. The van der Waals surface area contributed by atoms with Gasteiger partial charge in [-0.2, -0.15) is 13.2 Å². The molecule has 9 heteroatoms. The molecule has 3 aromatic carbocycles. The minimum absolute atomic E-state index is 0.119. The van der Waals surface area contributed by atoms with Crippen LogP contribution in [0.25, 0.3) is 38.6 Å². The smallest absolute Gasteiger partial charge is 0.399 e. The average molecular weight is 516 g/mol. The van der Waals surface area contributed by atoms with E-state index in [1.807, 2.05) is 30.3 Å². The van der Waals surface area contributed by atoms with Gasteiger partial charge in [-0.15, -0.1) is 0 Å². The number of hydrogen-bond acceptors (Lipinski definition) is 5. The van der Waals surface area contributed by atoms with Crippen molar-refractivity contribution in [2.75, 3.05) is 36.8 Å². The lowest BCUT2D eigenvalue weighted by Gasteiger charge is -2.32. The van der Waals surface area contributed by atoms with E-state index < -0.39 is 17.3 Å². The second-order valence-electron chi connectivity index (χ2n) is 9.36. The first-order valence-electron chi connectivity index (χ1n) is 12.3. The average Bonchev–Trinajstić information content (AvgIpc) is 2.93. The molecule has 192 valence electrons. The van der Waals surface area contributed by atoms with Crippen LogP contribution < -0.4 is 21.5 Å². The predicted octanol–water partition coefficient (Wildman–Crippen LogP) is 5.22. The lowest BCUT2D eigenvalue weighted by atomic mass is 10.0. The first-order chi connectivity index (χ1) is 18.3. The van der Waals surface area contributed by atoms with E-state index in [0.29, 0.717) is 53.7 Å². The van der Waals surface area contributed by atoms with Crippen LogP contribution in [0.3, 0.4) is 0 Å². The van der Waals surface area contributed by atoms with Gasteiger partial charge in [0.05, 0.1) is 22.3 Å². The van der Waals surface area contributed by atoms with Crippen molar-refractivity contribution < 1.29 is 13.2 Å². The summed E-state index contributed by atoms with van der Waals surface area (Å²) in [4.78, 5) is 19.5. The van der Waals surface area contributed by atoms with E-state index in [0.717, 1.165) is 17.2 Å². The van der Waals surface area contributed by atoms with Gasteiger partial charge in [0.15, 0.2) is 0 Å². The van der Waals surface area contributed by atoms with Gasteiger partial charge in [0.1, 0.15) is 0 Å². The highest BCUT2D eigenvalue weighted by molar-refractivity contribution is 6.05. The van der Waals surface area contributed by atoms with Crippen molar-refractivity contribution in [1.82, 2.24) is 14.9 Å². The van der Waals surface area contributed by atoms with Gasteiger partial charge >= 0.3 is 6.18 Å². The monoisotopic (exact) mass is 515 g/mol. The van der Waals surface area contributed by atoms with E-state index in [1.54, 1.807) is 35.4 Å². The van der Waals surface area contributed by atoms with Gasteiger partial charge in [-0.1, -0.05) is 18.2 Å². The third-order valence-electron chi connectivity index (χ3n) is 6.96. The maximum atomic E-state index is 14.3. The molecule has 0 aliphatic carbocycles. The molecule has 1 aliphatic rings. The number of nitrogens with two attached hydrogens (primary N) is 1. The minimum atomic E-state index is -4.59. The van der Waals surface area contributed by atoms with E-state index in [4.69, 9.17) is 5.73 Å². The minimum Gasteiger partial charge on any atom is -0.399 e. The maximum Gasteiger partial charge on any atom is 0.418 e. The number of benzene rings is 3. The summed E-state index contributed by atoms with van der Waals surface area (Å²) in [6, 6.07) is 20.2. The fourth-order valence-corrected chi connectivity index (χ4v) is 5.09. The van der Waals surface area contributed by atoms with Crippen molar-refractivity contribution in [1.29, 1.82) is 0 Å². The van der Waals surface area contributed by atoms with E-state index in [1.165, 1.54) is 16.7 Å². The molecule has 0 unspecified atom stereocenters. The molecule has 2 aromatic heterocycles. The highest BCUT2D eigenvalue weighted by Gasteiger charge is 2.36. The Balaban J connectivity index is 1.60. The molecule has 0 atom stereocenters. The van der Waals surface area contributed by atoms with Crippen LogP contribution in [0.4, 0.5) is 24.5 Å². The molecular formula is C29H24F3N5O. The molecule has 3 N–H and O–H groups in total. The van der Waals surface area contributed by atoms with Crippen LogP contribution in [0.2, 0.25) is 0 Å². The van der Waals surface area contributed by atoms with Gasteiger partial charge in [-0.25, -0.2) is 0 Å². The van der Waals surface area contributed by atoms with Gasteiger partial charge in [0.25, 0.3) is 5.56 Å². The number of rotatable bonds is 3. The lowest BCUT2D eigenvalue weighted by molar-refractivity contribution is -0.137. The Kier molecular flexibility index (Phi) is 5.80. The van der Waals surface area contributed by atoms with Crippen molar-refractivity contribution in [3.63, 3.8) is 0 Å². The van der Waals surface area contributed by atoms with Gasteiger partial charge in [-0.3, -0.25) is 14.3 Å². The Morgan fingerprint density at radius 1 is 0.868 bits per heavy atom. The van der Waals surface area contributed by atoms with E-state index in [-0.39, 0.29) is 11.4 Å². The molecule has 5 aromatic rings. The molecule has 1 fully saturated rings. The topological polar surface area (TPSA) is 76.2 Å². The summed E-state index contributed by atoms with van der Waals surface area (Å²) in [6.45, 7) is 2.16. The van der Waals surface area contributed by atoms with Gasteiger partial charge in [0.2, 0.25) is 0 Å². The van der Waals surface area contributed by atoms with Crippen molar-refractivity contribution >= 4 is 33.2 Å². The quantitative estimate of drug-likeness (QED) is 0.255. The zero-order valence-electron chi connectivity index (χ0n) is 20.3. The van der Waals surface area contributed by atoms with Crippen LogP contribution in [0.15, 0.2) is 83.8 Å². The van der Waals surface area contributed by atoms with Crippen LogP contribution in [0.5, 0.6) is 0 Å². The third kappa shape index (κ3) is 4.24. The molecule has 6 nitrogen and oxygen atoms in total. The molecule has 0 amide bonds. The van der Waals surface area contributed by atoms with Crippen LogP contribution in [-0.2, 0) is 6.18 Å². The Labute approximate surface area is 216 Å². The fourth-order valence-electron chi connectivity index (χ4n) is 5.09. The fraction of sp³-hybridized carbons (Fsp3) is 0.172. The summed E-state index contributed by atoms with van der Waals surface area (Å²) in [5.41, 5.74) is 8.48. The number of alkyl halides is 3. The molecule has 0 spiro atoms. The highest BCUT2D eigenvalue weighted by Crippen LogP contribution is 2.39. The van der Waals surface area contributed by atoms with Crippen molar-refractivity contribution in [2.24, 2.45) is 0 Å². The number of anilines is 2. The largest absolute Gasteiger partial charge is 0.418 e. The maximum absolute atomic E-state index is 14.3. The van der Waals surface area contributed by atoms with E-state index >= 15 is 0 Å². The van der Waals surface area contributed by atoms with Crippen LogP contribution in [0.1, 0.15) is 5.56 Å². The Morgan fingerprint density at radius 2 is 1.61 bits per heavy atom. The Bertz CT molecular complexity index is 1720. The molecule has 3 heterocycles. The second-order valence-corrected chi connectivity index (χ2v) is 9.36. The SMILES string of the molecule is Nc1ccc(-c2ccc3ncc4ccc(=O)n(-c5ccc(N6CCNCC6)c(C(F)(F)F)c5)c4c3c2)cc1. The van der Waals surface area contributed by atoms with E-state index in [2.05, 4.69) is 10.3 Å². The molecule has 1 aliphatic heterocycles. The highest BCUT2D eigenvalue weighted by atomic mass is 19.4. The number of halogens is 3. The van der Waals surface area contributed by atoms with Gasteiger partial charge in [-0.05, 0) is 59.7 Å². The van der Waals surface area contributed by atoms with Crippen LogP contribution >= 0.6 is 0 Å². The molecule has 6 rings (SSSR count). The number of fused-ring (bicyclic) bond motifs is 3. The van der Waals surface area contributed by atoms with Crippen molar-refractivity contribution in [3.8, 4) is 16.8 Å². The van der Waals surface area contributed by atoms with E-state index in [9.17, 15) is 18.0 Å². The van der Waals surface area contributed by atoms with Gasteiger partial charge < -0.3 is 16.0 Å². The summed E-state index contributed by atoms with van der Waals surface area (Å²) in [7, 11) is 0. The number of nitrogens with zero attached hydrogens (tertiary/aromatic N) is 3. The summed E-state index contributed by atoms with van der Waals surface area (Å²) in [5, 5.41) is 4.47. The number of nitrogens with one attached hydrogen (secondary N) is 1. The molecule has 38 heavy (non-hydrogen) atoms. The molecular weight excluding hydrogens is 491 g/mol. The Morgan fingerprint density at radius 3 is 2.34 bits per heavy atom. The molecule has 0 bridgehead atoms. The lowest BCUT2D eigenvalue weighted by Crippen LogP contribution is -2.44. The predicted molar refractivity (Wildman–Crippen MR) is 145 cm³/mol.